The zero-order valence-electron chi connectivity index (χ0n) is 10.3. The van der Waals surface area contributed by atoms with E-state index in [1.54, 1.807) is 31.2 Å². The van der Waals surface area contributed by atoms with E-state index in [2.05, 4.69) is 10.2 Å². The number of carbonyl (C=O) groups is 1. The number of rotatable bonds is 2. The molecule has 1 aromatic carbocycles. The first-order valence-corrected chi connectivity index (χ1v) is 5.63. The molecule has 0 aliphatic carbocycles. The van der Waals surface area contributed by atoms with Crippen molar-refractivity contribution in [3.05, 3.63) is 35.9 Å². The van der Waals surface area contributed by atoms with Crippen LogP contribution in [-0.4, -0.2) is 17.2 Å². The van der Waals surface area contributed by atoms with Gasteiger partial charge in [-0.25, -0.2) is 4.79 Å². The van der Waals surface area contributed by atoms with Crippen molar-refractivity contribution in [1.82, 2.24) is 0 Å². The summed E-state index contributed by atoms with van der Waals surface area (Å²) in [6, 6.07) is 8.92. The molecule has 0 saturated heterocycles. The number of nitrogens with zero attached hydrogens (tertiary/aromatic N) is 2. The Hall–Kier alpha value is -1.71. The summed E-state index contributed by atoms with van der Waals surface area (Å²) in [5, 5.41) is 8.18. The summed E-state index contributed by atoms with van der Waals surface area (Å²) in [6.45, 7) is 5.72. The fourth-order valence-corrected chi connectivity index (χ4v) is 2.00. The van der Waals surface area contributed by atoms with Crippen molar-refractivity contribution in [2.24, 2.45) is 10.2 Å². The van der Waals surface area contributed by atoms with E-state index in [9.17, 15) is 4.79 Å². The Balaban J connectivity index is 2.08. The Bertz CT molecular complexity index is 454. The Kier molecular flexibility index (Phi) is 2.73. The zero-order chi connectivity index (χ0) is 12.5. The summed E-state index contributed by atoms with van der Waals surface area (Å²) in [6.07, 6.45) is 0.610. The molecule has 1 aromatic rings. The van der Waals surface area contributed by atoms with E-state index in [1.165, 1.54) is 0 Å². The Morgan fingerprint density at radius 1 is 1.18 bits per heavy atom. The van der Waals surface area contributed by atoms with Crippen LogP contribution in [0.5, 0.6) is 0 Å². The summed E-state index contributed by atoms with van der Waals surface area (Å²) in [5.41, 5.74) is -0.559. The van der Waals surface area contributed by atoms with Crippen molar-refractivity contribution in [1.29, 1.82) is 0 Å². The molecule has 0 bridgehead atoms. The number of hydrogen-bond acceptors (Lipinski definition) is 4. The molecule has 0 saturated carbocycles. The molecule has 0 radical (unpaired) electrons. The minimum Gasteiger partial charge on any atom is -0.432 e. The Labute approximate surface area is 101 Å². The molecule has 4 nitrogen and oxygen atoms in total. The van der Waals surface area contributed by atoms with E-state index in [-0.39, 0.29) is 11.5 Å². The molecule has 4 heteroatoms. The average molecular weight is 232 g/mol. The maximum Gasteiger partial charge on any atom is 0.340 e. The molecule has 1 atom stereocenters. The third-order valence-corrected chi connectivity index (χ3v) is 2.61. The fraction of sp³-hybridized carbons (Fsp3) is 0.462. The number of ether oxygens (including phenoxy) is 1. The van der Waals surface area contributed by atoms with Crippen LogP contribution in [0.25, 0.3) is 0 Å². The largest absolute Gasteiger partial charge is 0.432 e. The van der Waals surface area contributed by atoms with Gasteiger partial charge in [0.15, 0.2) is 0 Å². The van der Waals surface area contributed by atoms with Gasteiger partial charge in [0.25, 0.3) is 0 Å². The molecule has 0 fully saturated rings. The second-order valence-corrected chi connectivity index (χ2v) is 5.12. The number of hydrogen-bond donors (Lipinski definition) is 0. The lowest BCUT2D eigenvalue weighted by atomic mass is 9.97. The second-order valence-electron chi connectivity index (χ2n) is 5.12. The number of esters is 1. The molecule has 0 spiro atoms. The fourth-order valence-electron chi connectivity index (χ4n) is 2.00. The molecule has 1 heterocycles. The van der Waals surface area contributed by atoms with Gasteiger partial charge in [0.05, 0.1) is 11.1 Å². The summed E-state index contributed by atoms with van der Waals surface area (Å²) in [5.74, 6) is -0.357. The van der Waals surface area contributed by atoms with Gasteiger partial charge < -0.3 is 4.74 Å². The van der Waals surface area contributed by atoms with E-state index in [0.29, 0.717) is 12.0 Å². The highest BCUT2D eigenvalue weighted by Crippen LogP contribution is 2.35. The third kappa shape index (κ3) is 2.70. The van der Waals surface area contributed by atoms with E-state index < -0.39 is 5.72 Å². The molecule has 90 valence electrons. The minimum absolute atomic E-state index is 0.258. The third-order valence-electron chi connectivity index (χ3n) is 2.61. The van der Waals surface area contributed by atoms with Crippen LogP contribution in [0.4, 0.5) is 0 Å². The van der Waals surface area contributed by atoms with Crippen LogP contribution in [0.3, 0.4) is 0 Å². The number of carbonyl (C=O) groups excluding carboxylic acids is 1. The first kappa shape index (κ1) is 11.8. The predicted molar refractivity (Wildman–Crippen MR) is 63.8 cm³/mol. The lowest BCUT2D eigenvalue weighted by Gasteiger charge is -2.22. The van der Waals surface area contributed by atoms with Gasteiger partial charge in [0.2, 0.25) is 5.72 Å². The second kappa shape index (κ2) is 3.95. The van der Waals surface area contributed by atoms with E-state index in [4.69, 9.17) is 4.74 Å². The quantitative estimate of drug-likeness (QED) is 0.735. The lowest BCUT2D eigenvalue weighted by Crippen LogP contribution is -2.31. The van der Waals surface area contributed by atoms with Crippen LogP contribution in [0, 0.1) is 0 Å². The van der Waals surface area contributed by atoms with Crippen molar-refractivity contribution < 1.29 is 9.53 Å². The van der Waals surface area contributed by atoms with Gasteiger partial charge in [0, 0.05) is 6.42 Å². The van der Waals surface area contributed by atoms with Gasteiger partial charge in [-0.2, -0.15) is 5.11 Å². The molecule has 2 rings (SSSR count). The van der Waals surface area contributed by atoms with Crippen LogP contribution in [0.1, 0.15) is 37.6 Å². The standard InChI is InChI=1S/C13H16N2O2/c1-12(2)9-13(3,15-14-12)17-11(16)10-7-5-4-6-8-10/h4-8H,9H2,1-3H3. The van der Waals surface area contributed by atoms with Gasteiger partial charge in [-0.1, -0.05) is 18.2 Å². The van der Waals surface area contributed by atoms with Crippen molar-refractivity contribution in [3.8, 4) is 0 Å². The highest BCUT2D eigenvalue weighted by Gasteiger charge is 2.41. The summed E-state index contributed by atoms with van der Waals surface area (Å²) < 4.78 is 5.42. The maximum atomic E-state index is 11.9. The lowest BCUT2D eigenvalue weighted by molar-refractivity contribution is -0.00783. The van der Waals surface area contributed by atoms with E-state index in [0.717, 1.165) is 0 Å². The highest BCUT2D eigenvalue weighted by molar-refractivity contribution is 5.89. The molecular weight excluding hydrogens is 216 g/mol. The van der Waals surface area contributed by atoms with Gasteiger partial charge in [-0.05, 0) is 32.9 Å². The maximum absolute atomic E-state index is 11.9. The summed E-state index contributed by atoms with van der Waals surface area (Å²) in [4.78, 5) is 11.9. The normalized spacial score (nSPS) is 25.8. The number of benzene rings is 1. The van der Waals surface area contributed by atoms with Gasteiger partial charge in [-0.3, -0.25) is 0 Å². The Morgan fingerprint density at radius 2 is 1.82 bits per heavy atom. The molecular formula is C13H16N2O2. The van der Waals surface area contributed by atoms with E-state index >= 15 is 0 Å². The van der Waals surface area contributed by atoms with Crippen molar-refractivity contribution >= 4 is 5.97 Å². The summed E-state index contributed by atoms with van der Waals surface area (Å²) >= 11 is 0. The smallest absolute Gasteiger partial charge is 0.340 e. The zero-order valence-corrected chi connectivity index (χ0v) is 10.3. The molecule has 0 amide bonds. The Morgan fingerprint density at radius 3 is 2.35 bits per heavy atom. The van der Waals surface area contributed by atoms with Gasteiger partial charge in [-0.15, -0.1) is 5.11 Å². The molecule has 17 heavy (non-hydrogen) atoms. The minimum atomic E-state index is -0.837. The van der Waals surface area contributed by atoms with Crippen molar-refractivity contribution in [2.45, 2.75) is 38.5 Å². The predicted octanol–water partition coefficient (Wildman–Crippen LogP) is 3.19. The first-order valence-electron chi connectivity index (χ1n) is 5.63. The molecule has 0 N–H and O–H groups in total. The average Bonchev–Trinajstić information content (AvgIpc) is 2.54. The summed E-state index contributed by atoms with van der Waals surface area (Å²) in [7, 11) is 0. The van der Waals surface area contributed by atoms with Crippen molar-refractivity contribution in [3.63, 3.8) is 0 Å². The van der Waals surface area contributed by atoms with Gasteiger partial charge in [0.1, 0.15) is 0 Å². The topological polar surface area (TPSA) is 51.0 Å². The van der Waals surface area contributed by atoms with Crippen molar-refractivity contribution in [2.75, 3.05) is 0 Å². The molecule has 1 aliphatic rings. The molecule has 0 aromatic heterocycles. The van der Waals surface area contributed by atoms with Crippen LogP contribution in [-0.2, 0) is 4.74 Å². The first-order chi connectivity index (χ1) is 7.90. The number of azo groups is 1. The molecule has 1 aliphatic heterocycles. The van der Waals surface area contributed by atoms with Crippen LogP contribution in [0.15, 0.2) is 40.6 Å². The molecule has 1 unspecified atom stereocenters. The van der Waals surface area contributed by atoms with Crippen LogP contribution in [0.2, 0.25) is 0 Å². The van der Waals surface area contributed by atoms with E-state index in [1.807, 2.05) is 19.9 Å². The SMILES string of the molecule is CC1(C)CC(C)(OC(=O)c2ccccc2)N=N1. The monoisotopic (exact) mass is 232 g/mol. The van der Waals surface area contributed by atoms with Crippen LogP contribution >= 0.6 is 0 Å². The van der Waals surface area contributed by atoms with Gasteiger partial charge >= 0.3 is 5.97 Å². The van der Waals surface area contributed by atoms with Crippen LogP contribution < -0.4 is 0 Å². The highest BCUT2D eigenvalue weighted by atomic mass is 16.6.